The maximum absolute atomic E-state index is 12.7. The monoisotopic (exact) mass is 381 g/mol. The van der Waals surface area contributed by atoms with Crippen molar-refractivity contribution < 1.29 is 4.79 Å². The highest BCUT2D eigenvalue weighted by Crippen LogP contribution is 2.24. The van der Waals surface area contributed by atoms with Crippen molar-refractivity contribution in [2.45, 2.75) is 13.8 Å². The van der Waals surface area contributed by atoms with Gasteiger partial charge in [-0.2, -0.15) is 0 Å². The lowest BCUT2D eigenvalue weighted by molar-refractivity contribution is 0.103. The van der Waals surface area contributed by atoms with Crippen molar-refractivity contribution in [3.05, 3.63) is 72.8 Å². The molecule has 2 N–H and O–H groups in total. The van der Waals surface area contributed by atoms with E-state index < -0.39 is 0 Å². The van der Waals surface area contributed by atoms with E-state index in [1.54, 1.807) is 4.40 Å². The van der Waals surface area contributed by atoms with Gasteiger partial charge in [0, 0.05) is 5.69 Å². The van der Waals surface area contributed by atoms with Crippen molar-refractivity contribution in [1.82, 2.24) is 9.38 Å². The molecule has 0 radical (unpaired) electrons. The van der Waals surface area contributed by atoms with Crippen LogP contribution in [0.25, 0.3) is 16.6 Å². The average molecular weight is 381 g/mol. The van der Waals surface area contributed by atoms with Crippen LogP contribution in [-0.2, 0) is 0 Å². The second kappa shape index (κ2) is 6.19. The van der Waals surface area contributed by atoms with E-state index >= 15 is 0 Å². The number of hydrogen-bond acceptors (Lipinski definition) is 4. The van der Waals surface area contributed by atoms with E-state index in [1.807, 2.05) is 56.3 Å². The summed E-state index contributed by atoms with van der Waals surface area (Å²) < 4.78 is 2.26. The molecule has 4 rings (SSSR count). The van der Waals surface area contributed by atoms with Crippen molar-refractivity contribution in [2.75, 3.05) is 5.32 Å². The maximum atomic E-state index is 12.7. The number of carbonyl (C=O) groups excluding carboxylic acids is 1. The van der Waals surface area contributed by atoms with Crippen LogP contribution in [0.1, 0.15) is 20.8 Å². The highest BCUT2D eigenvalue weighted by molar-refractivity contribution is 7.73. The number of carbonyl (C=O) groups is 1. The standard InChI is InChI=1S/C19H15N3O2S2/c1-10-3-6-12(7-4-10)20-18(24)15-16-21-17(23)13-9-11(2)5-8-14(13)22(16)19(25)26-15/h3-9H,1-2H3,(H,20,24)(H,21,23). The Morgan fingerprint density at radius 2 is 1.81 bits per heavy atom. The minimum atomic E-state index is -0.297. The van der Waals surface area contributed by atoms with E-state index in [1.165, 1.54) is 11.3 Å². The van der Waals surface area contributed by atoms with Gasteiger partial charge in [-0.3, -0.25) is 14.0 Å². The van der Waals surface area contributed by atoms with Crippen LogP contribution < -0.4 is 10.9 Å². The summed E-state index contributed by atoms with van der Waals surface area (Å²) in [6, 6.07) is 13.1. The number of aryl methyl sites for hydroxylation is 2. The fourth-order valence-corrected chi connectivity index (χ4v) is 4.16. The molecule has 7 heteroatoms. The van der Waals surface area contributed by atoms with Crippen LogP contribution in [0, 0.1) is 17.8 Å². The number of fused-ring (bicyclic) bond motifs is 3. The first-order valence-corrected chi connectivity index (χ1v) is 9.23. The normalized spacial score (nSPS) is 11.2. The molecule has 4 aromatic rings. The van der Waals surface area contributed by atoms with Gasteiger partial charge >= 0.3 is 0 Å². The van der Waals surface area contributed by atoms with Crippen LogP contribution in [0.5, 0.6) is 0 Å². The molecule has 1 amide bonds. The summed E-state index contributed by atoms with van der Waals surface area (Å²) in [5.74, 6) is -0.297. The molecule has 5 nitrogen and oxygen atoms in total. The van der Waals surface area contributed by atoms with Crippen molar-refractivity contribution in [3.63, 3.8) is 0 Å². The second-order valence-electron chi connectivity index (χ2n) is 6.18. The zero-order chi connectivity index (χ0) is 18.4. The Balaban J connectivity index is 1.89. The van der Waals surface area contributed by atoms with Gasteiger partial charge in [-0.05, 0) is 50.3 Å². The van der Waals surface area contributed by atoms with Gasteiger partial charge in [0.05, 0.1) is 10.9 Å². The van der Waals surface area contributed by atoms with Gasteiger partial charge in [-0.1, -0.05) is 40.7 Å². The van der Waals surface area contributed by atoms with E-state index in [-0.39, 0.29) is 11.5 Å². The van der Waals surface area contributed by atoms with Crippen LogP contribution in [0.2, 0.25) is 0 Å². The molecule has 0 bridgehead atoms. The summed E-state index contributed by atoms with van der Waals surface area (Å²) in [6.45, 7) is 3.91. The Labute approximate surface area is 157 Å². The molecule has 0 unspecified atom stereocenters. The SMILES string of the molecule is Cc1ccc(NC(=O)c2sc(=S)n3c2[nH]c(=O)c2cc(C)ccc23)cc1. The molecule has 0 saturated carbocycles. The Morgan fingerprint density at radius 3 is 2.54 bits per heavy atom. The summed E-state index contributed by atoms with van der Waals surface area (Å²) >= 11 is 6.64. The number of benzene rings is 2. The lowest BCUT2D eigenvalue weighted by atomic mass is 10.1. The molecule has 130 valence electrons. The van der Waals surface area contributed by atoms with Crippen LogP contribution >= 0.6 is 23.6 Å². The highest BCUT2D eigenvalue weighted by Gasteiger charge is 2.18. The predicted molar refractivity (Wildman–Crippen MR) is 108 cm³/mol. The molecule has 0 aliphatic rings. The van der Waals surface area contributed by atoms with Gasteiger partial charge in [0.25, 0.3) is 11.5 Å². The maximum Gasteiger partial charge on any atom is 0.269 e. The minimum absolute atomic E-state index is 0.235. The summed E-state index contributed by atoms with van der Waals surface area (Å²) in [7, 11) is 0. The third-order valence-electron chi connectivity index (χ3n) is 4.20. The first kappa shape index (κ1) is 16.7. The van der Waals surface area contributed by atoms with Crippen molar-refractivity contribution in [2.24, 2.45) is 0 Å². The third kappa shape index (κ3) is 2.75. The topological polar surface area (TPSA) is 66.4 Å². The number of anilines is 1. The largest absolute Gasteiger partial charge is 0.321 e. The number of aromatic amines is 1. The number of amides is 1. The Kier molecular flexibility index (Phi) is 3.97. The fourth-order valence-electron chi connectivity index (χ4n) is 2.89. The Hall–Kier alpha value is -2.77. The molecule has 26 heavy (non-hydrogen) atoms. The van der Waals surface area contributed by atoms with Crippen LogP contribution in [0.4, 0.5) is 5.69 Å². The number of nitrogens with zero attached hydrogens (tertiary/aromatic N) is 1. The quantitative estimate of drug-likeness (QED) is 0.505. The van der Waals surface area contributed by atoms with Gasteiger partial charge in [0.1, 0.15) is 10.5 Å². The molecular weight excluding hydrogens is 366 g/mol. The van der Waals surface area contributed by atoms with Gasteiger partial charge < -0.3 is 10.3 Å². The van der Waals surface area contributed by atoms with Gasteiger partial charge in [0.2, 0.25) is 0 Å². The van der Waals surface area contributed by atoms with E-state index in [9.17, 15) is 9.59 Å². The van der Waals surface area contributed by atoms with Crippen LogP contribution in [0.15, 0.2) is 47.3 Å². The number of aromatic nitrogens is 2. The number of rotatable bonds is 2. The molecular formula is C19H15N3O2S2. The first-order valence-electron chi connectivity index (χ1n) is 8.00. The number of thiazole rings is 1. The second-order valence-corrected chi connectivity index (χ2v) is 7.82. The van der Waals surface area contributed by atoms with Crippen molar-refractivity contribution in [3.8, 4) is 0 Å². The lowest BCUT2D eigenvalue weighted by Crippen LogP contribution is -2.15. The number of hydrogen-bond donors (Lipinski definition) is 2. The number of nitrogens with one attached hydrogen (secondary N) is 2. The molecule has 0 saturated heterocycles. The first-order chi connectivity index (χ1) is 12.4. The molecule has 2 aromatic carbocycles. The van der Waals surface area contributed by atoms with Crippen LogP contribution in [0.3, 0.4) is 0 Å². The molecule has 0 aliphatic heterocycles. The van der Waals surface area contributed by atoms with E-state index in [4.69, 9.17) is 12.2 Å². The zero-order valence-corrected chi connectivity index (χ0v) is 15.8. The summed E-state index contributed by atoms with van der Waals surface area (Å²) in [5.41, 5.74) is 3.68. The zero-order valence-electron chi connectivity index (χ0n) is 14.1. The lowest BCUT2D eigenvalue weighted by Gasteiger charge is -2.06. The van der Waals surface area contributed by atoms with Gasteiger partial charge in [-0.15, -0.1) is 0 Å². The highest BCUT2D eigenvalue weighted by atomic mass is 32.1. The minimum Gasteiger partial charge on any atom is -0.321 e. The van der Waals surface area contributed by atoms with Gasteiger partial charge in [-0.25, -0.2) is 0 Å². The molecule has 2 heterocycles. The smallest absolute Gasteiger partial charge is 0.269 e. The molecule has 0 fully saturated rings. The van der Waals surface area contributed by atoms with E-state index in [0.29, 0.717) is 31.1 Å². The molecule has 0 atom stereocenters. The average Bonchev–Trinajstić information content (AvgIpc) is 2.94. The molecule has 0 spiro atoms. The van der Waals surface area contributed by atoms with Crippen molar-refractivity contribution in [1.29, 1.82) is 0 Å². The summed E-state index contributed by atoms with van der Waals surface area (Å²) in [6.07, 6.45) is 0. The van der Waals surface area contributed by atoms with E-state index in [2.05, 4.69) is 10.3 Å². The van der Waals surface area contributed by atoms with Crippen LogP contribution in [-0.4, -0.2) is 15.3 Å². The van der Waals surface area contributed by atoms with Crippen molar-refractivity contribution >= 4 is 51.7 Å². The predicted octanol–water partition coefficient (Wildman–Crippen LogP) is 4.44. The molecule has 0 aliphatic carbocycles. The fraction of sp³-hybridized carbons (Fsp3) is 0.105. The Morgan fingerprint density at radius 1 is 1.12 bits per heavy atom. The summed E-state index contributed by atoms with van der Waals surface area (Å²) in [4.78, 5) is 28.4. The van der Waals surface area contributed by atoms with Gasteiger partial charge in [0.15, 0.2) is 3.95 Å². The summed E-state index contributed by atoms with van der Waals surface area (Å²) in [5, 5.41) is 3.41. The number of H-pyrrole nitrogens is 1. The third-order valence-corrected chi connectivity index (χ3v) is 5.57. The van der Waals surface area contributed by atoms with E-state index in [0.717, 1.165) is 11.1 Å². The Bertz CT molecular complexity index is 1280. The molecule has 2 aromatic heterocycles.